The standard InChI is InChI=1S/C18H17ClN2O4S2/c1-11-18(23)21-15-10-14(5-6-16(15)26-11)27(24,25)8-7-17(22)20-13-4-2-3-12(19)9-13/h2-6,9-11H,7-8H2,1H3,(H,20,22)(H,21,23)/t11-/m1/s1. The van der Waals surface area contributed by atoms with E-state index in [1.165, 1.54) is 23.9 Å². The average molecular weight is 425 g/mol. The zero-order valence-electron chi connectivity index (χ0n) is 14.4. The first-order valence-electron chi connectivity index (χ1n) is 8.14. The van der Waals surface area contributed by atoms with Gasteiger partial charge >= 0.3 is 0 Å². The summed E-state index contributed by atoms with van der Waals surface area (Å²) < 4.78 is 25.1. The van der Waals surface area contributed by atoms with Crippen LogP contribution in [0.3, 0.4) is 0 Å². The van der Waals surface area contributed by atoms with Gasteiger partial charge in [0.25, 0.3) is 0 Å². The van der Waals surface area contributed by atoms with Gasteiger partial charge in [-0.15, -0.1) is 11.8 Å². The first-order chi connectivity index (χ1) is 12.7. The second-order valence-corrected chi connectivity index (χ2v) is 9.96. The smallest absolute Gasteiger partial charge is 0.237 e. The molecule has 1 heterocycles. The Labute approximate surface area is 166 Å². The largest absolute Gasteiger partial charge is 0.326 e. The van der Waals surface area contributed by atoms with Gasteiger partial charge in [0.1, 0.15) is 0 Å². The molecule has 0 saturated heterocycles. The molecule has 9 heteroatoms. The number of thioether (sulfide) groups is 1. The van der Waals surface area contributed by atoms with Crippen LogP contribution in [0.5, 0.6) is 0 Å². The van der Waals surface area contributed by atoms with Crippen molar-refractivity contribution in [2.24, 2.45) is 0 Å². The molecule has 2 aromatic rings. The van der Waals surface area contributed by atoms with Crippen LogP contribution in [0.2, 0.25) is 5.02 Å². The molecule has 0 spiro atoms. The van der Waals surface area contributed by atoms with E-state index in [1.807, 2.05) is 0 Å². The minimum Gasteiger partial charge on any atom is -0.326 e. The van der Waals surface area contributed by atoms with Crippen molar-refractivity contribution in [3.8, 4) is 0 Å². The first kappa shape index (κ1) is 19.7. The Hall–Kier alpha value is -2.03. The molecule has 142 valence electrons. The predicted octanol–water partition coefficient (Wildman–Crippen LogP) is 3.58. The van der Waals surface area contributed by atoms with Gasteiger partial charge in [-0.1, -0.05) is 17.7 Å². The zero-order chi connectivity index (χ0) is 19.6. The van der Waals surface area contributed by atoms with Crippen LogP contribution in [0, 0.1) is 0 Å². The Kier molecular flexibility index (Phi) is 5.78. The fourth-order valence-corrected chi connectivity index (χ4v) is 4.90. The highest BCUT2D eigenvalue weighted by Crippen LogP contribution is 2.36. The number of rotatable bonds is 5. The van der Waals surface area contributed by atoms with Crippen molar-refractivity contribution in [2.75, 3.05) is 16.4 Å². The molecule has 1 atom stereocenters. The molecule has 0 bridgehead atoms. The van der Waals surface area contributed by atoms with E-state index in [2.05, 4.69) is 10.6 Å². The molecule has 27 heavy (non-hydrogen) atoms. The minimum absolute atomic E-state index is 0.0762. The molecular formula is C18H17ClN2O4S2. The van der Waals surface area contributed by atoms with E-state index >= 15 is 0 Å². The maximum Gasteiger partial charge on any atom is 0.237 e. The molecule has 6 nitrogen and oxygen atoms in total. The molecule has 1 aliphatic heterocycles. The van der Waals surface area contributed by atoms with Crippen molar-refractivity contribution in [3.05, 3.63) is 47.5 Å². The summed E-state index contributed by atoms with van der Waals surface area (Å²) in [5.74, 6) is -0.921. The van der Waals surface area contributed by atoms with E-state index in [4.69, 9.17) is 11.6 Å². The highest BCUT2D eigenvalue weighted by atomic mass is 35.5. The van der Waals surface area contributed by atoms with Crippen LogP contribution >= 0.6 is 23.4 Å². The molecule has 2 N–H and O–H groups in total. The molecule has 0 saturated carbocycles. The summed E-state index contributed by atoms with van der Waals surface area (Å²) in [7, 11) is -3.67. The van der Waals surface area contributed by atoms with E-state index in [-0.39, 0.29) is 28.2 Å². The van der Waals surface area contributed by atoms with Crippen molar-refractivity contribution in [2.45, 2.75) is 28.4 Å². The second-order valence-electron chi connectivity index (χ2n) is 6.03. The number of sulfone groups is 1. The zero-order valence-corrected chi connectivity index (χ0v) is 16.7. The van der Waals surface area contributed by atoms with E-state index in [0.29, 0.717) is 16.4 Å². The van der Waals surface area contributed by atoms with Gasteiger partial charge in [-0.05, 0) is 43.3 Å². The van der Waals surface area contributed by atoms with Crippen molar-refractivity contribution in [3.63, 3.8) is 0 Å². The summed E-state index contributed by atoms with van der Waals surface area (Å²) in [6, 6.07) is 11.2. The van der Waals surface area contributed by atoms with E-state index in [0.717, 1.165) is 4.90 Å². The highest BCUT2D eigenvalue weighted by Gasteiger charge is 2.25. The van der Waals surface area contributed by atoms with Gasteiger partial charge in [-0.3, -0.25) is 9.59 Å². The topological polar surface area (TPSA) is 92.3 Å². The van der Waals surface area contributed by atoms with Crippen molar-refractivity contribution < 1.29 is 18.0 Å². The van der Waals surface area contributed by atoms with Crippen LogP contribution in [0.4, 0.5) is 11.4 Å². The number of hydrogen-bond acceptors (Lipinski definition) is 5. The first-order valence-corrected chi connectivity index (χ1v) is 11.1. The fraction of sp³-hybridized carbons (Fsp3) is 0.222. The number of carbonyl (C=O) groups is 2. The van der Waals surface area contributed by atoms with E-state index in [1.54, 1.807) is 37.3 Å². The van der Waals surface area contributed by atoms with Gasteiger partial charge in [0.15, 0.2) is 9.84 Å². The van der Waals surface area contributed by atoms with Gasteiger partial charge in [-0.2, -0.15) is 0 Å². The van der Waals surface area contributed by atoms with Gasteiger partial charge in [0, 0.05) is 22.0 Å². The number of anilines is 2. The van der Waals surface area contributed by atoms with Crippen LogP contribution in [-0.2, 0) is 19.4 Å². The number of nitrogens with one attached hydrogen (secondary N) is 2. The maximum absolute atomic E-state index is 12.6. The summed E-state index contributed by atoms with van der Waals surface area (Å²) in [5.41, 5.74) is 0.986. The van der Waals surface area contributed by atoms with Crippen LogP contribution < -0.4 is 10.6 Å². The molecule has 0 aliphatic carbocycles. The Morgan fingerprint density at radius 1 is 1.26 bits per heavy atom. The van der Waals surface area contributed by atoms with Gasteiger partial charge in [0.2, 0.25) is 11.8 Å². The third-order valence-corrected chi connectivity index (χ3v) is 7.07. The van der Waals surface area contributed by atoms with Crippen LogP contribution in [0.15, 0.2) is 52.3 Å². The molecule has 0 aromatic heterocycles. The fourth-order valence-electron chi connectivity index (χ4n) is 2.52. The Bertz CT molecular complexity index is 1010. The molecular weight excluding hydrogens is 408 g/mol. The third kappa shape index (κ3) is 4.82. The Balaban J connectivity index is 1.67. The molecule has 1 aliphatic rings. The van der Waals surface area contributed by atoms with Crippen LogP contribution in [0.1, 0.15) is 13.3 Å². The maximum atomic E-state index is 12.6. The van der Waals surface area contributed by atoms with Crippen LogP contribution in [-0.4, -0.2) is 31.2 Å². The molecule has 0 radical (unpaired) electrons. The lowest BCUT2D eigenvalue weighted by Gasteiger charge is -2.21. The molecule has 2 amide bonds. The summed E-state index contributed by atoms with van der Waals surface area (Å²) in [5, 5.41) is 5.58. The lowest BCUT2D eigenvalue weighted by atomic mass is 10.3. The lowest BCUT2D eigenvalue weighted by molar-refractivity contribution is -0.116. The summed E-state index contributed by atoms with van der Waals surface area (Å²) >= 11 is 7.23. The predicted molar refractivity (Wildman–Crippen MR) is 107 cm³/mol. The van der Waals surface area contributed by atoms with E-state index < -0.39 is 15.7 Å². The highest BCUT2D eigenvalue weighted by molar-refractivity contribution is 8.01. The number of fused-ring (bicyclic) bond motifs is 1. The molecule has 2 aromatic carbocycles. The van der Waals surface area contributed by atoms with Crippen molar-refractivity contribution >= 4 is 56.4 Å². The van der Waals surface area contributed by atoms with Crippen molar-refractivity contribution in [1.29, 1.82) is 0 Å². The molecule has 3 rings (SSSR count). The van der Waals surface area contributed by atoms with E-state index in [9.17, 15) is 18.0 Å². The van der Waals surface area contributed by atoms with Gasteiger partial charge < -0.3 is 10.6 Å². The summed E-state index contributed by atoms with van der Waals surface area (Å²) in [4.78, 5) is 24.7. The quantitative estimate of drug-likeness (QED) is 0.765. The van der Waals surface area contributed by atoms with Gasteiger partial charge in [0.05, 0.1) is 21.6 Å². The molecule has 0 unspecified atom stereocenters. The minimum atomic E-state index is -3.67. The molecule has 0 fully saturated rings. The Morgan fingerprint density at radius 2 is 2.04 bits per heavy atom. The SMILES string of the molecule is C[C@H]1Sc2ccc(S(=O)(=O)CCC(=O)Nc3cccc(Cl)c3)cc2NC1=O. The monoisotopic (exact) mass is 424 g/mol. The van der Waals surface area contributed by atoms with Crippen molar-refractivity contribution in [1.82, 2.24) is 0 Å². The number of benzene rings is 2. The summed E-state index contributed by atoms with van der Waals surface area (Å²) in [6.45, 7) is 1.78. The lowest BCUT2D eigenvalue weighted by Crippen LogP contribution is -2.26. The normalized spacial score (nSPS) is 16.4. The van der Waals surface area contributed by atoms with Crippen LogP contribution in [0.25, 0.3) is 0 Å². The average Bonchev–Trinajstić information content (AvgIpc) is 2.61. The number of carbonyl (C=O) groups excluding carboxylic acids is 2. The third-order valence-electron chi connectivity index (χ3n) is 3.95. The van der Waals surface area contributed by atoms with Gasteiger partial charge in [-0.25, -0.2) is 8.42 Å². The second kappa shape index (κ2) is 7.92. The number of amides is 2. The number of hydrogen-bond donors (Lipinski definition) is 2. The number of halogens is 1. The Morgan fingerprint density at radius 3 is 2.78 bits per heavy atom. The summed E-state index contributed by atoms with van der Waals surface area (Å²) in [6.07, 6.45) is -0.190.